The first-order chi connectivity index (χ1) is 12.9. The Kier molecular flexibility index (Phi) is 5.47. The molecule has 0 aliphatic carbocycles. The topological polar surface area (TPSA) is 128 Å². The van der Waals surface area contributed by atoms with Crippen molar-refractivity contribution in [1.82, 2.24) is 15.4 Å². The van der Waals surface area contributed by atoms with Crippen LogP contribution in [0.2, 0.25) is 5.02 Å². The van der Waals surface area contributed by atoms with Crippen LogP contribution < -0.4 is 10.3 Å². The summed E-state index contributed by atoms with van der Waals surface area (Å²) in [4.78, 5) is 43.8. The molecule has 1 aliphatic heterocycles. The van der Waals surface area contributed by atoms with E-state index < -0.39 is 23.0 Å². The predicted molar refractivity (Wildman–Crippen MR) is 101 cm³/mol. The van der Waals surface area contributed by atoms with Crippen molar-refractivity contribution in [3.8, 4) is 0 Å². The fraction of sp³-hybridized carbons (Fsp3) is 0.188. The molecule has 27 heavy (non-hydrogen) atoms. The summed E-state index contributed by atoms with van der Waals surface area (Å²) in [6.07, 6.45) is 1.02. The number of H-pyrrole nitrogens is 1. The molecular weight excluding hydrogens is 394 g/mol. The maximum atomic E-state index is 12.7. The monoisotopic (exact) mass is 407 g/mol. The first kappa shape index (κ1) is 18.9. The SMILES string of the molecule is Cc1[nH]cnc1C(=O)NN=C1SC(CC(=O)O)C(=O)N1c1ccc(Cl)cc1. The van der Waals surface area contributed by atoms with Gasteiger partial charge in [0.05, 0.1) is 18.4 Å². The number of aromatic amines is 1. The van der Waals surface area contributed by atoms with Crippen molar-refractivity contribution in [1.29, 1.82) is 0 Å². The van der Waals surface area contributed by atoms with E-state index in [1.54, 1.807) is 31.2 Å². The van der Waals surface area contributed by atoms with Gasteiger partial charge >= 0.3 is 5.97 Å². The molecule has 1 aromatic carbocycles. The van der Waals surface area contributed by atoms with Gasteiger partial charge in [0.25, 0.3) is 5.91 Å². The number of rotatable bonds is 5. The number of amides is 2. The number of anilines is 1. The third kappa shape index (κ3) is 4.12. The fourth-order valence-electron chi connectivity index (χ4n) is 2.40. The maximum absolute atomic E-state index is 12.7. The normalized spacial score (nSPS) is 18.1. The molecule has 9 nitrogen and oxygen atoms in total. The van der Waals surface area contributed by atoms with Gasteiger partial charge in [0.2, 0.25) is 5.91 Å². The molecule has 2 amide bonds. The zero-order valence-corrected chi connectivity index (χ0v) is 15.5. The van der Waals surface area contributed by atoms with Crippen molar-refractivity contribution in [2.45, 2.75) is 18.6 Å². The number of benzene rings is 1. The largest absolute Gasteiger partial charge is 0.481 e. The van der Waals surface area contributed by atoms with Gasteiger partial charge in [-0.2, -0.15) is 0 Å². The minimum absolute atomic E-state index is 0.162. The summed E-state index contributed by atoms with van der Waals surface area (Å²) < 4.78 is 0. The van der Waals surface area contributed by atoms with Gasteiger partial charge in [-0.15, -0.1) is 5.10 Å². The van der Waals surface area contributed by atoms with Gasteiger partial charge in [0.15, 0.2) is 10.9 Å². The third-order valence-corrected chi connectivity index (χ3v) is 5.07. The van der Waals surface area contributed by atoms with Crippen LogP contribution >= 0.6 is 23.4 Å². The van der Waals surface area contributed by atoms with Crippen LogP contribution in [0.15, 0.2) is 35.7 Å². The quantitative estimate of drug-likeness (QED) is 0.650. The summed E-state index contributed by atoms with van der Waals surface area (Å²) in [6, 6.07) is 6.42. The molecule has 1 unspecified atom stereocenters. The number of carboxylic acids is 1. The third-order valence-electron chi connectivity index (χ3n) is 3.68. The number of hydrazone groups is 1. The molecule has 0 saturated carbocycles. The number of halogens is 1. The Hall–Kier alpha value is -2.85. The Morgan fingerprint density at radius 2 is 2.11 bits per heavy atom. The number of nitrogens with one attached hydrogen (secondary N) is 2. The lowest BCUT2D eigenvalue weighted by Gasteiger charge is -2.16. The van der Waals surface area contributed by atoms with E-state index in [0.717, 1.165) is 11.8 Å². The molecule has 140 valence electrons. The van der Waals surface area contributed by atoms with Crippen molar-refractivity contribution in [3.05, 3.63) is 47.0 Å². The molecule has 2 heterocycles. The van der Waals surface area contributed by atoms with Crippen LogP contribution in [0.5, 0.6) is 0 Å². The molecule has 0 bridgehead atoms. The minimum Gasteiger partial charge on any atom is -0.481 e. The Balaban J connectivity index is 1.88. The van der Waals surface area contributed by atoms with Crippen LogP contribution in [0.3, 0.4) is 0 Å². The molecule has 3 N–H and O–H groups in total. The molecule has 2 aromatic rings. The number of thioether (sulfide) groups is 1. The zero-order valence-electron chi connectivity index (χ0n) is 14.0. The minimum atomic E-state index is -1.10. The van der Waals surface area contributed by atoms with Crippen LogP contribution in [0.25, 0.3) is 0 Å². The molecule has 3 rings (SSSR count). The van der Waals surface area contributed by atoms with E-state index in [2.05, 4.69) is 20.5 Å². The summed E-state index contributed by atoms with van der Waals surface area (Å²) in [7, 11) is 0. The number of aryl methyl sites for hydroxylation is 1. The highest BCUT2D eigenvalue weighted by Gasteiger charge is 2.40. The van der Waals surface area contributed by atoms with Crippen LogP contribution in [0, 0.1) is 6.92 Å². The Morgan fingerprint density at radius 1 is 1.41 bits per heavy atom. The van der Waals surface area contributed by atoms with Crippen molar-refractivity contribution in [2.75, 3.05) is 4.90 Å². The number of amidine groups is 1. The Morgan fingerprint density at radius 3 is 2.70 bits per heavy atom. The molecule has 1 atom stereocenters. The number of carbonyl (C=O) groups is 3. The van der Waals surface area contributed by atoms with E-state index in [4.69, 9.17) is 16.7 Å². The number of carboxylic acid groups (broad SMARTS) is 1. The maximum Gasteiger partial charge on any atom is 0.305 e. The Bertz CT molecular complexity index is 927. The number of imidazole rings is 1. The molecular formula is C16H14ClN5O4S. The van der Waals surface area contributed by atoms with Gasteiger partial charge < -0.3 is 10.1 Å². The van der Waals surface area contributed by atoms with Crippen LogP contribution in [0.4, 0.5) is 5.69 Å². The van der Waals surface area contributed by atoms with E-state index in [1.165, 1.54) is 11.2 Å². The van der Waals surface area contributed by atoms with Crippen LogP contribution in [0.1, 0.15) is 22.6 Å². The van der Waals surface area contributed by atoms with E-state index in [9.17, 15) is 14.4 Å². The van der Waals surface area contributed by atoms with Crippen molar-refractivity contribution >= 4 is 52.0 Å². The number of carbonyl (C=O) groups excluding carboxylic acids is 2. The predicted octanol–water partition coefficient (Wildman–Crippen LogP) is 2.00. The van der Waals surface area contributed by atoms with Gasteiger partial charge in [-0.25, -0.2) is 10.4 Å². The van der Waals surface area contributed by atoms with Gasteiger partial charge in [-0.05, 0) is 31.2 Å². The first-order valence-corrected chi connectivity index (χ1v) is 8.98. The highest BCUT2D eigenvalue weighted by Crippen LogP contribution is 2.34. The number of hydrogen-bond acceptors (Lipinski definition) is 6. The van der Waals surface area contributed by atoms with E-state index >= 15 is 0 Å². The van der Waals surface area contributed by atoms with Crippen LogP contribution in [-0.2, 0) is 9.59 Å². The average molecular weight is 408 g/mol. The zero-order chi connectivity index (χ0) is 19.6. The summed E-state index contributed by atoms with van der Waals surface area (Å²) in [5.41, 5.74) is 3.56. The van der Waals surface area contributed by atoms with E-state index in [-0.39, 0.29) is 17.3 Å². The number of aliphatic carboxylic acids is 1. The lowest BCUT2D eigenvalue weighted by molar-refractivity contribution is -0.138. The average Bonchev–Trinajstić information content (AvgIpc) is 3.17. The highest BCUT2D eigenvalue weighted by atomic mass is 35.5. The number of nitrogens with zero attached hydrogens (tertiary/aromatic N) is 3. The summed E-state index contributed by atoms with van der Waals surface area (Å²) >= 11 is 6.85. The standard InChI is InChI=1S/C16H14ClN5O4S/c1-8-13(19-7-18-8)14(25)20-21-16-22(10-4-2-9(17)3-5-10)15(26)11(27-16)6-12(23)24/h2-5,7,11H,6H2,1H3,(H,18,19)(H,20,25)(H,23,24). The smallest absolute Gasteiger partial charge is 0.305 e. The molecule has 1 saturated heterocycles. The lowest BCUT2D eigenvalue weighted by atomic mass is 10.2. The van der Waals surface area contributed by atoms with Gasteiger partial charge in [0.1, 0.15) is 5.25 Å². The Labute approximate surface area is 162 Å². The lowest BCUT2D eigenvalue weighted by Crippen LogP contribution is -2.34. The summed E-state index contributed by atoms with van der Waals surface area (Å²) in [6.45, 7) is 1.69. The molecule has 0 radical (unpaired) electrons. The van der Waals surface area contributed by atoms with Gasteiger partial charge in [0, 0.05) is 10.7 Å². The number of hydrogen-bond donors (Lipinski definition) is 3. The molecule has 1 aromatic heterocycles. The number of aromatic nitrogens is 2. The van der Waals surface area contributed by atoms with Crippen molar-refractivity contribution in [3.63, 3.8) is 0 Å². The van der Waals surface area contributed by atoms with Gasteiger partial charge in [-0.1, -0.05) is 23.4 Å². The van der Waals surface area contributed by atoms with Crippen molar-refractivity contribution in [2.24, 2.45) is 5.10 Å². The molecule has 11 heteroatoms. The highest BCUT2D eigenvalue weighted by molar-refractivity contribution is 8.16. The second-order valence-electron chi connectivity index (χ2n) is 5.57. The first-order valence-electron chi connectivity index (χ1n) is 7.73. The second-order valence-corrected chi connectivity index (χ2v) is 7.17. The molecule has 1 fully saturated rings. The molecule has 0 spiro atoms. The van der Waals surface area contributed by atoms with E-state index in [1.807, 2.05) is 0 Å². The van der Waals surface area contributed by atoms with Crippen molar-refractivity contribution < 1.29 is 19.5 Å². The van der Waals surface area contributed by atoms with Gasteiger partial charge in [-0.3, -0.25) is 19.3 Å². The van der Waals surface area contributed by atoms with Crippen LogP contribution in [-0.4, -0.2) is 43.3 Å². The van der Waals surface area contributed by atoms with E-state index in [0.29, 0.717) is 16.4 Å². The fourth-order valence-corrected chi connectivity index (χ4v) is 3.61. The second kappa shape index (κ2) is 7.80. The summed E-state index contributed by atoms with van der Waals surface area (Å²) in [5, 5.41) is 12.8. The summed E-state index contributed by atoms with van der Waals surface area (Å²) in [5.74, 6) is -2.09. The molecule has 1 aliphatic rings.